The molecule has 0 spiro atoms. The van der Waals surface area contributed by atoms with Gasteiger partial charge in [-0.3, -0.25) is 0 Å². The topological polar surface area (TPSA) is 4.44 Å². The minimum atomic E-state index is 0. The second-order valence-corrected chi connectivity index (χ2v) is 2.23. The van der Waals surface area contributed by atoms with Crippen molar-refractivity contribution in [2.75, 3.05) is 19.6 Å². The maximum Gasteiger partial charge on any atom is 0.0957 e. The maximum atomic E-state index is 2.22. The summed E-state index contributed by atoms with van der Waals surface area (Å²) in [5.41, 5.74) is 0. The molecule has 0 atom stereocenters. The average molecular weight is 164 g/mol. The van der Waals surface area contributed by atoms with E-state index in [-0.39, 0.29) is 12.4 Å². The first kappa shape index (κ1) is 12.6. The van der Waals surface area contributed by atoms with E-state index in [1.54, 1.807) is 4.90 Å². The minimum Gasteiger partial charge on any atom is -1.00 e. The smallest absolute Gasteiger partial charge is 0.0957 e. The van der Waals surface area contributed by atoms with Crippen LogP contribution in [-0.4, -0.2) is 19.6 Å². The standard InChI is InChI=1S/C8H17N.ClH/c1-4-7-8-9(5-2)6-3;/h4,7H,5-6,8H2,1-3H3;1H. The predicted octanol–water partition coefficient (Wildman–Crippen LogP) is -2.51. The Hall–Kier alpha value is -0.0100. The Labute approximate surface area is 70.5 Å². The number of nitrogens with one attached hydrogen (secondary N) is 1. The fourth-order valence-corrected chi connectivity index (χ4v) is 0.823. The van der Waals surface area contributed by atoms with E-state index < -0.39 is 0 Å². The molecule has 0 unspecified atom stereocenters. The summed E-state index contributed by atoms with van der Waals surface area (Å²) in [6.45, 7) is 10.2. The van der Waals surface area contributed by atoms with Gasteiger partial charge in [0.15, 0.2) is 0 Å². The van der Waals surface area contributed by atoms with Crippen LogP contribution in [0.2, 0.25) is 0 Å². The van der Waals surface area contributed by atoms with Crippen molar-refractivity contribution in [2.45, 2.75) is 20.8 Å². The summed E-state index contributed by atoms with van der Waals surface area (Å²) < 4.78 is 0. The quantitative estimate of drug-likeness (QED) is 0.437. The molecule has 0 saturated carbocycles. The van der Waals surface area contributed by atoms with Crippen LogP contribution in [0.25, 0.3) is 0 Å². The molecule has 0 bridgehead atoms. The summed E-state index contributed by atoms with van der Waals surface area (Å²) in [6.07, 6.45) is 4.34. The van der Waals surface area contributed by atoms with Gasteiger partial charge >= 0.3 is 0 Å². The number of halogens is 1. The molecule has 0 aliphatic carbocycles. The highest BCUT2D eigenvalue weighted by Gasteiger charge is 1.95. The Morgan fingerprint density at radius 3 is 2.00 bits per heavy atom. The summed E-state index contributed by atoms with van der Waals surface area (Å²) in [5, 5.41) is 0. The zero-order chi connectivity index (χ0) is 7.11. The fraction of sp³-hybridized carbons (Fsp3) is 0.750. The summed E-state index contributed by atoms with van der Waals surface area (Å²) in [6, 6.07) is 0. The van der Waals surface area contributed by atoms with Crippen LogP contribution >= 0.6 is 0 Å². The highest BCUT2D eigenvalue weighted by Crippen LogP contribution is 1.61. The minimum absolute atomic E-state index is 0. The zero-order valence-electron chi connectivity index (χ0n) is 7.15. The summed E-state index contributed by atoms with van der Waals surface area (Å²) in [4.78, 5) is 1.65. The van der Waals surface area contributed by atoms with Gasteiger partial charge in [-0.05, 0) is 26.8 Å². The third-order valence-corrected chi connectivity index (χ3v) is 1.64. The highest BCUT2D eigenvalue weighted by molar-refractivity contribution is 4.74. The van der Waals surface area contributed by atoms with E-state index in [1.807, 2.05) is 0 Å². The van der Waals surface area contributed by atoms with E-state index in [9.17, 15) is 0 Å². The Balaban J connectivity index is 0. The molecule has 0 aromatic heterocycles. The highest BCUT2D eigenvalue weighted by atomic mass is 35.5. The monoisotopic (exact) mass is 163 g/mol. The molecule has 0 aliphatic rings. The second kappa shape index (κ2) is 8.99. The van der Waals surface area contributed by atoms with Gasteiger partial charge in [0.2, 0.25) is 0 Å². The first-order valence-corrected chi connectivity index (χ1v) is 3.79. The summed E-state index contributed by atoms with van der Waals surface area (Å²) >= 11 is 0. The van der Waals surface area contributed by atoms with Crippen molar-refractivity contribution in [3.05, 3.63) is 12.2 Å². The number of hydrogen-bond acceptors (Lipinski definition) is 0. The second-order valence-electron chi connectivity index (χ2n) is 2.23. The van der Waals surface area contributed by atoms with Crippen LogP contribution in [-0.2, 0) is 0 Å². The molecule has 0 heterocycles. The van der Waals surface area contributed by atoms with Crippen LogP contribution in [0.15, 0.2) is 12.2 Å². The van der Waals surface area contributed by atoms with Crippen LogP contribution in [0, 0.1) is 0 Å². The van der Waals surface area contributed by atoms with Crippen molar-refractivity contribution in [1.29, 1.82) is 0 Å². The molecule has 0 aromatic carbocycles. The van der Waals surface area contributed by atoms with E-state index in [2.05, 4.69) is 32.9 Å². The van der Waals surface area contributed by atoms with E-state index in [0.717, 1.165) is 0 Å². The van der Waals surface area contributed by atoms with Crippen LogP contribution in [0.3, 0.4) is 0 Å². The van der Waals surface area contributed by atoms with E-state index >= 15 is 0 Å². The van der Waals surface area contributed by atoms with E-state index in [1.165, 1.54) is 19.6 Å². The first-order valence-electron chi connectivity index (χ1n) is 3.79. The number of allylic oxidation sites excluding steroid dienone is 1. The van der Waals surface area contributed by atoms with Crippen molar-refractivity contribution in [3.8, 4) is 0 Å². The molecule has 0 aliphatic heterocycles. The molecular formula is C8H18ClN. The first-order chi connectivity index (χ1) is 4.35. The van der Waals surface area contributed by atoms with Gasteiger partial charge in [0.05, 0.1) is 19.6 Å². The molecule has 10 heavy (non-hydrogen) atoms. The number of rotatable bonds is 4. The molecule has 1 N–H and O–H groups in total. The lowest BCUT2D eigenvalue weighted by molar-refractivity contribution is -0.890. The molecule has 0 amide bonds. The SMILES string of the molecule is CC=CC[NH+](CC)CC.[Cl-]. The lowest BCUT2D eigenvalue weighted by Crippen LogP contribution is -3.11. The summed E-state index contributed by atoms with van der Waals surface area (Å²) in [5.74, 6) is 0. The van der Waals surface area contributed by atoms with Gasteiger partial charge in [-0.25, -0.2) is 0 Å². The van der Waals surface area contributed by atoms with Crippen molar-refractivity contribution >= 4 is 0 Å². The Morgan fingerprint density at radius 1 is 1.20 bits per heavy atom. The molecule has 2 heteroatoms. The van der Waals surface area contributed by atoms with Gasteiger partial charge in [0, 0.05) is 0 Å². The van der Waals surface area contributed by atoms with E-state index in [4.69, 9.17) is 0 Å². The largest absolute Gasteiger partial charge is 1.00 e. The van der Waals surface area contributed by atoms with Crippen molar-refractivity contribution in [2.24, 2.45) is 0 Å². The number of likely N-dealkylation sites (N-methyl/N-ethyl adjacent to an activating group) is 1. The Bertz CT molecular complexity index is 77.3. The zero-order valence-corrected chi connectivity index (χ0v) is 7.91. The fourth-order valence-electron chi connectivity index (χ4n) is 0.823. The normalized spacial score (nSPS) is 10.4. The van der Waals surface area contributed by atoms with Crippen molar-refractivity contribution in [1.82, 2.24) is 0 Å². The Kier molecular flexibility index (Phi) is 11.4. The van der Waals surface area contributed by atoms with Gasteiger partial charge in [-0.2, -0.15) is 0 Å². The molecule has 1 nitrogen and oxygen atoms in total. The van der Waals surface area contributed by atoms with Gasteiger partial charge in [0.1, 0.15) is 0 Å². The third-order valence-electron chi connectivity index (χ3n) is 1.64. The van der Waals surface area contributed by atoms with E-state index in [0.29, 0.717) is 0 Å². The molecule has 0 saturated heterocycles. The van der Waals surface area contributed by atoms with Crippen LogP contribution < -0.4 is 17.3 Å². The average Bonchev–Trinajstić information content (AvgIpc) is 1.91. The summed E-state index contributed by atoms with van der Waals surface area (Å²) in [7, 11) is 0. The van der Waals surface area contributed by atoms with Crippen molar-refractivity contribution < 1.29 is 17.3 Å². The van der Waals surface area contributed by atoms with Crippen molar-refractivity contribution in [3.63, 3.8) is 0 Å². The Morgan fingerprint density at radius 2 is 1.70 bits per heavy atom. The van der Waals surface area contributed by atoms with Crippen LogP contribution in [0.1, 0.15) is 20.8 Å². The van der Waals surface area contributed by atoms with Gasteiger partial charge < -0.3 is 17.3 Å². The van der Waals surface area contributed by atoms with Crippen LogP contribution in [0.5, 0.6) is 0 Å². The van der Waals surface area contributed by atoms with Gasteiger partial charge in [-0.15, -0.1) is 0 Å². The lowest BCUT2D eigenvalue weighted by atomic mass is 10.4. The molecule has 0 rings (SSSR count). The van der Waals surface area contributed by atoms with Gasteiger partial charge in [-0.1, -0.05) is 6.08 Å². The number of quaternary nitrogens is 1. The lowest BCUT2D eigenvalue weighted by Gasteiger charge is -2.11. The third kappa shape index (κ3) is 6.12. The molecular weight excluding hydrogens is 146 g/mol. The predicted molar refractivity (Wildman–Crippen MR) is 41.7 cm³/mol. The van der Waals surface area contributed by atoms with Gasteiger partial charge in [0.25, 0.3) is 0 Å². The maximum absolute atomic E-state index is 2.22. The molecule has 0 aromatic rings. The van der Waals surface area contributed by atoms with Crippen LogP contribution in [0.4, 0.5) is 0 Å². The number of hydrogen-bond donors (Lipinski definition) is 1. The molecule has 0 radical (unpaired) electrons. The molecule has 62 valence electrons. The molecule has 0 fully saturated rings.